The molecule has 0 atom stereocenters. The summed E-state index contributed by atoms with van der Waals surface area (Å²) >= 11 is 0. The molecule has 1 aliphatic rings. The molecule has 1 aromatic heterocycles. The first-order valence-electron chi connectivity index (χ1n) is 9.00. The van der Waals surface area contributed by atoms with Crippen LogP contribution in [0.4, 0.5) is 0 Å². The molecule has 1 aliphatic carbocycles. The second kappa shape index (κ2) is 7.63. The van der Waals surface area contributed by atoms with E-state index in [1.54, 1.807) is 0 Å². The van der Waals surface area contributed by atoms with Crippen LogP contribution in [-0.2, 0) is 6.42 Å². The van der Waals surface area contributed by atoms with Crippen molar-refractivity contribution in [3.63, 3.8) is 0 Å². The van der Waals surface area contributed by atoms with Crippen LogP contribution in [0.5, 0.6) is 0 Å². The molecule has 0 aliphatic heterocycles. The first-order chi connectivity index (χ1) is 11.2. The molecule has 0 amide bonds. The summed E-state index contributed by atoms with van der Waals surface area (Å²) < 4.78 is 0. The van der Waals surface area contributed by atoms with Crippen LogP contribution in [-0.4, -0.2) is 10.8 Å². The van der Waals surface area contributed by atoms with Gasteiger partial charge in [-0.3, -0.25) is 4.79 Å². The smallest absolute Gasteiger partial charge is 0.179 e. The zero-order valence-electron chi connectivity index (χ0n) is 14.1. The van der Waals surface area contributed by atoms with Crippen molar-refractivity contribution < 1.29 is 4.79 Å². The largest absolute Gasteiger partial charge is 0.356 e. The van der Waals surface area contributed by atoms with Crippen LogP contribution >= 0.6 is 0 Å². The third-order valence-electron chi connectivity index (χ3n) is 5.04. The maximum Gasteiger partial charge on any atom is 0.179 e. The zero-order valence-corrected chi connectivity index (χ0v) is 14.1. The molecule has 0 spiro atoms. The van der Waals surface area contributed by atoms with Crippen LogP contribution in [0.15, 0.2) is 36.4 Å². The van der Waals surface area contributed by atoms with E-state index in [4.69, 9.17) is 0 Å². The summed E-state index contributed by atoms with van der Waals surface area (Å²) in [6.45, 7) is 2.11. The molecule has 0 bridgehead atoms. The van der Waals surface area contributed by atoms with Crippen LogP contribution < -0.4 is 0 Å². The summed E-state index contributed by atoms with van der Waals surface area (Å²) in [5.74, 6) is 0.913. The minimum Gasteiger partial charge on any atom is -0.356 e. The summed E-state index contributed by atoms with van der Waals surface area (Å²) in [6, 6.07) is 12.8. The highest BCUT2D eigenvalue weighted by atomic mass is 16.1. The van der Waals surface area contributed by atoms with Gasteiger partial charge >= 0.3 is 0 Å². The fourth-order valence-corrected chi connectivity index (χ4v) is 3.55. The second-order valence-corrected chi connectivity index (χ2v) is 6.92. The lowest BCUT2D eigenvalue weighted by Crippen LogP contribution is -2.01. The van der Waals surface area contributed by atoms with E-state index in [0.29, 0.717) is 12.3 Å². The van der Waals surface area contributed by atoms with Gasteiger partial charge in [0.25, 0.3) is 0 Å². The summed E-state index contributed by atoms with van der Waals surface area (Å²) in [5.41, 5.74) is 4.74. The lowest BCUT2D eigenvalue weighted by Gasteiger charge is -2.05. The maximum atomic E-state index is 12.3. The van der Waals surface area contributed by atoms with Crippen molar-refractivity contribution in [1.29, 1.82) is 0 Å². The zero-order chi connectivity index (χ0) is 16.1. The minimum absolute atomic E-state index is 0.262. The lowest BCUT2D eigenvalue weighted by atomic mass is 10.0. The predicted octanol–water partition coefficient (Wildman–Crippen LogP) is 5.58. The SMILES string of the molecule is Cc1ccc(CCCCC(=O)c2ccc(C3CCCC3)[nH]2)cc1. The van der Waals surface area contributed by atoms with Crippen molar-refractivity contribution in [1.82, 2.24) is 4.98 Å². The summed E-state index contributed by atoms with van der Waals surface area (Å²) in [4.78, 5) is 15.7. The molecule has 2 aromatic rings. The summed E-state index contributed by atoms with van der Waals surface area (Å²) in [5, 5.41) is 0. The number of H-pyrrole nitrogens is 1. The number of carbonyl (C=O) groups is 1. The highest BCUT2D eigenvalue weighted by Crippen LogP contribution is 2.33. The van der Waals surface area contributed by atoms with E-state index in [1.165, 1.54) is 42.5 Å². The molecule has 23 heavy (non-hydrogen) atoms. The van der Waals surface area contributed by atoms with Gasteiger partial charge in [-0.15, -0.1) is 0 Å². The van der Waals surface area contributed by atoms with Gasteiger partial charge in [0.15, 0.2) is 5.78 Å². The van der Waals surface area contributed by atoms with Crippen LogP contribution in [0, 0.1) is 6.92 Å². The quantitative estimate of drug-likeness (QED) is 0.526. The molecule has 1 saturated carbocycles. The van der Waals surface area contributed by atoms with E-state index in [-0.39, 0.29) is 5.78 Å². The average molecular weight is 309 g/mol. The Morgan fingerprint density at radius 2 is 1.78 bits per heavy atom. The van der Waals surface area contributed by atoms with Crippen molar-refractivity contribution in [2.24, 2.45) is 0 Å². The van der Waals surface area contributed by atoms with Crippen LogP contribution in [0.25, 0.3) is 0 Å². The first-order valence-corrected chi connectivity index (χ1v) is 9.00. The Morgan fingerprint density at radius 3 is 2.52 bits per heavy atom. The number of benzene rings is 1. The molecular weight excluding hydrogens is 282 g/mol. The Balaban J connectivity index is 1.43. The van der Waals surface area contributed by atoms with Crippen LogP contribution in [0.1, 0.15) is 78.2 Å². The van der Waals surface area contributed by atoms with E-state index in [9.17, 15) is 4.79 Å². The van der Waals surface area contributed by atoms with Gasteiger partial charge in [0.05, 0.1) is 5.69 Å². The summed E-state index contributed by atoms with van der Waals surface area (Å²) in [6.07, 6.45) is 8.94. The third-order valence-corrected chi connectivity index (χ3v) is 5.04. The molecular formula is C21H27NO. The molecule has 0 unspecified atom stereocenters. The molecule has 2 nitrogen and oxygen atoms in total. The fourth-order valence-electron chi connectivity index (χ4n) is 3.55. The van der Waals surface area contributed by atoms with E-state index in [2.05, 4.69) is 42.2 Å². The molecule has 1 fully saturated rings. The number of carbonyl (C=O) groups excluding carboxylic acids is 1. The van der Waals surface area contributed by atoms with Gasteiger partial charge in [-0.1, -0.05) is 42.7 Å². The van der Waals surface area contributed by atoms with Crippen LogP contribution in [0.3, 0.4) is 0 Å². The Kier molecular flexibility index (Phi) is 5.32. The number of aromatic amines is 1. The fraction of sp³-hybridized carbons (Fsp3) is 0.476. The number of unbranched alkanes of at least 4 members (excludes halogenated alkanes) is 1. The van der Waals surface area contributed by atoms with Crippen LogP contribution in [0.2, 0.25) is 0 Å². The Bertz CT molecular complexity index is 632. The normalized spacial score (nSPS) is 15.2. The summed E-state index contributed by atoms with van der Waals surface area (Å²) in [7, 11) is 0. The maximum absolute atomic E-state index is 12.3. The highest BCUT2D eigenvalue weighted by molar-refractivity contribution is 5.94. The number of rotatable bonds is 7. The van der Waals surface area contributed by atoms with Gasteiger partial charge < -0.3 is 4.98 Å². The molecule has 2 heteroatoms. The topological polar surface area (TPSA) is 32.9 Å². The number of aryl methyl sites for hydroxylation is 2. The van der Waals surface area contributed by atoms with E-state index in [1.807, 2.05) is 6.07 Å². The van der Waals surface area contributed by atoms with Crippen molar-refractivity contribution in [2.75, 3.05) is 0 Å². The van der Waals surface area contributed by atoms with Crippen molar-refractivity contribution in [3.05, 3.63) is 58.9 Å². The number of hydrogen-bond acceptors (Lipinski definition) is 1. The van der Waals surface area contributed by atoms with Gasteiger partial charge in [-0.2, -0.15) is 0 Å². The van der Waals surface area contributed by atoms with E-state index < -0.39 is 0 Å². The molecule has 1 heterocycles. The van der Waals surface area contributed by atoms with Gasteiger partial charge in [0.2, 0.25) is 0 Å². The molecule has 1 aromatic carbocycles. The third kappa shape index (κ3) is 4.34. The van der Waals surface area contributed by atoms with Crippen molar-refractivity contribution >= 4 is 5.78 Å². The van der Waals surface area contributed by atoms with Gasteiger partial charge in [0.1, 0.15) is 0 Å². The van der Waals surface area contributed by atoms with E-state index in [0.717, 1.165) is 25.0 Å². The minimum atomic E-state index is 0.262. The average Bonchev–Trinajstić information content (AvgIpc) is 3.23. The van der Waals surface area contributed by atoms with Gasteiger partial charge in [0, 0.05) is 12.1 Å². The van der Waals surface area contributed by atoms with Gasteiger partial charge in [-0.05, 0) is 62.6 Å². The number of hydrogen-bond donors (Lipinski definition) is 1. The molecule has 0 saturated heterocycles. The van der Waals surface area contributed by atoms with Crippen molar-refractivity contribution in [3.8, 4) is 0 Å². The molecule has 3 rings (SSSR count). The standard InChI is InChI=1S/C21H27NO/c1-16-10-12-17(13-11-16)6-2-5-9-21(23)20-15-14-19(22-20)18-7-3-4-8-18/h10-15,18,22H,2-9H2,1H3. The molecule has 1 N–H and O–H groups in total. The number of Topliss-reactive ketones (excluding diaryl/α,β-unsaturated/α-hetero) is 1. The monoisotopic (exact) mass is 309 g/mol. The Hall–Kier alpha value is -1.83. The van der Waals surface area contributed by atoms with Crippen molar-refractivity contribution in [2.45, 2.75) is 64.2 Å². The highest BCUT2D eigenvalue weighted by Gasteiger charge is 2.19. The Labute approximate surface area is 139 Å². The number of nitrogens with one attached hydrogen (secondary N) is 1. The van der Waals surface area contributed by atoms with E-state index >= 15 is 0 Å². The number of ketones is 1. The molecule has 122 valence electrons. The first kappa shape index (κ1) is 16.0. The predicted molar refractivity (Wildman–Crippen MR) is 95.1 cm³/mol. The lowest BCUT2D eigenvalue weighted by molar-refractivity contribution is 0.0975. The molecule has 0 radical (unpaired) electrons. The number of aromatic nitrogens is 1. The Morgan fingerprint density at radius 1 is 1.04 bits per heavy atom. The second-order valence-electron chi connectivity index (χ2n) is 6.92. The van der Waals surface area contributed by atoms with Gasteiger partial charge in [-0.25, -0.2) is 0 Å².